The molecule has 2 atom stereocenters. The Kier molecular flexibility index (Phi) is 9.29. The van der Waals surface area contributed by atoms with Gasteiger partial charge in [-0.15, -0.1) is 35.3 Å². The fourth-order valence-electron chi connectivity index (χ4n) is 2.82. The van der Waals surface area contributed by atoms with Crippen molar-refractivity contribution in [3.05, 3.63) is 22.4 Å². The van der Waals surface area contributed by atoms with Gasteiger partial charge in [-0.2, -0.15) is 11.8 Å². The standard InChI is InChI=1S/C17H29N3S2.HI/c1-5-18-16(20-13-8-9-14(11-13)21-4)19-12-17(2,3)15-7-6-10-22-15;/h6-7,10,13-14H,5,8-9,11-12H2,1-4H3,(H2,18,19,20);1H. The minimum Gasteiger partial charge on any atom is -0.357 e. The van der Waals surface area contributed by atoms with Crippen LogP contribution in [0.5, 0.6) is 0 Å². The van der Waals surface area contributed by atoms with Crippen LogP contribution in [0.1, 0.15) is 44.9 Å². The van der Waals surface area contributed by atoms with Gasteiger partial charge in [-0.1, -0.05) is 19.9 Å². The van der Waals surface area contributed by atoms with Crippen molar-refractivity contribution in [3.63, 3.8) is 0 Å². The molecule has 2 N–H and O–H groups in total. The number of guanidine groups is 1. The highest BCUT2D eigenvalue weighted by molar-refractivity contribution is 14.0. The number of aliphatic imine (C=N–C) groups is 1. The van der Waals surface area contributed by atoms with Gasteiger partial charge in [0.25, 0.3) is 0 Å². The number of hydrogen-bond acceptors (Lipinski definition) is 3. The highest BCUT2D eigenvalue weighted by atomic mass is 127. The second kappa shape index (κ2) is 10.1. The highest BCUT2D eigenvalue weighted by Crippen LogP contribution is 2.29. The molecule has 1 saturated carbocycles. The number of halogens is 1. The summed E-state index contributed by atoms with van der Waals surface area (Å²) in [5, 5.41) is 9.98. The molecule has 1 aliphatic rings. The summed E-state index contributed by atoms with van der Waals surface area (Å²) in [5.41, 5.74) is 0.0913. The monoisotopic (exact) mass is 467 g/mol. The normalized spacial score (nSPS) is 21.8. The summed E-state index contributed by atoms with van der Waals surface area (Å²) < 4.78 is 0. The minimum absolute atomic E-state index is 0. The average molecular weight is 467 g/mol. The average Bonchev–Trinajstić information content (AvgIpc) is 3.16. The predicted molar refractivity (Wildman–Crippen MR) is 117 cm³/mol. The summed E-state index contributed by atoms with van der Waals surface area (Å²) >= 11 is 3.81. The molecule has 132 valence electrons. The number of hydrogen-bond donors (Lipinski definition) is 2. The Morgan fingerprint density at radius 1 is 1.43 bits per heavy atom. The minimum atomic E-state index is 0. The van der Waals surface area contributed by atoms with Crippen LogP contribution >= 0.6 is 47.1 Å². The Hall–Kier alpha value is 0.0500. The lowest BCUT2D eigenvalue weighted by Gasteiger charge is -2.23. The number of rotatable bonds is 6. The zero-order valence-corrected chi connectivity index (χ0v) is 18.6. The van der Waals surface area contributed by atoms with E-state index in [-0.39, 0.29) is 29.4 Å². The summed E-state index contributed by atoms with van der Waals surface area (Å²) in [6.45, 7) is 8.38. The van der Waals surface area contributed by atoms with Gasteiger partial charge in [0.2, 0.25) is 0 Å². The molecule has 1 heterocycles. The molecule has 1 aliphatic carbocycles. The van der Waals surface area contributed by atoms with Crippen molar-refractivity contribution in [2.24, 2.45) is 4.99 Å². The second-order valence-corrected chi connectivity index (χ2v) is 8.65. The van der Waals surface area contributed by atoms with E-state index in [0.29, 0.717) is 6.04 Å². The highest BCUT2D eigenvalue weighted by Gasteiger charge is 2.25. The molecule has 0 aromatic carbocycles. The van der Waals surface area contributed by atoms with Gasteiger partial charge in [0, 0.05) is 28.1 Å². The maximum atomic E-state index is 4.85. The maximum Gasteiger partial charge on any atom is 0.191 e. The van der Waals surface area contributed by atoms with E-state index in [0.717, 1.165) is 24.3 Å². The van der Waals surface area contributed by atoms with Crippen molar-refractivity contribution in [3.8, 4) is 0 Å². The Bertz CT molecular complexity index is 474. The molecule has 0 saturated heterocycles. The van der Waals surface area contributed by atoms with Crippen LogP contribution in [0.15, 0.2) is 22.5 Å². The molecule has 0 radical (unpaired) electrons. The quantitative estimate of drug-likeness (QED) is 0.368. The number of nitrogens with one attached hydrogen (secondary N) is 2. The fourth-order valence-corrected chi connectivity index (χ4v) is 4.46. The fraction of sp³-hybridized carbons (Fsp3) is 0.706. The molecule has 0 spiro atoms. The van der Waals surface area contributed by atoms with E-state index in [9.17, 15) is 0 Å². The van der Waals surface area contributed by atoms with E-state index in [1.165, 1.54) is 24.1 Å². The van der Waals surface area contributed by atoms with Gasteiger partial charge < -0.3 is 10.6 Å². The zero-order valence-electron chi connectivity index (χ0n) is 14.6. The Balaban J connectivity index is 0.00000264. The third kappa shape index (κ3) is 6.46. The van der Waals surface area contributed by atoms with Crippen molar-refractivity contribution in [2.45, 2.75) is 56.7 Å². The van der Waals surface area contributed by atoms with Crippen LogP contribution in [-0.4, -0.2) is 36.6 Å². The molecule has 0 bridgehead atoms. The van der Waals surface area contributed by atoms with Gasteiger partial charge in [-0.3, -0.25) is 4.99 Å². The third-order valence-corrected chi connectivity index (χ3v) is 6.55. The number of thiophene rings is 1. The van der Waals surface area contributed by atoms with Gasteiger partial charge in [0.15, 0.2) is 5.96 Å². The molecule has 2 unspecified atom stereocenters. The summed E-state index contributed by atoms with van der Waals surface area (Å²) in [6, 6.07) is 4.90. The lowest BCUT2D eigenvalue weighted by atomic mass is 9.92. The first-order valence-electron chi connectivity index (χ1n) is 8.16. The van der Waals surface area contributed by atoms with Crippen molar-refractivity contribution >= 4 is 53.0 Å². The smallest absolute Gasteiger partial charge is 0.191 e. The largest absolute Gasteiger partial charge is 0.357 e. The molecule has 6 heteroatoms. The summed E-state index contributed by atoms with van der Waals surface area (Å²) in [4.78, 5) is 6.25. The van der Waals surface area contributed by atoms with E-state index in [1.807, 2.05) is 23.1 Å². The summed E-state index contributed by atoms with van der Waals surface area (Å²) in [7, 11) is 0. The van der Waals surface area contributed by atoms with Crippen LogP contribution in [-0.2, 0) is 5.41 Å². The van der Waals surface area contributed by atoms with Gasteiger partial charge in [0.05, 0.1) is 6.54 Å². The van der Waals surface area contributed by atoms with Crippen molar-refractivity contribution in [1.29, 1.82) is 0 Å². The lowest BCUT2D eigenvalue weighted by Crippen LogP contribution is -2.43. The Labute approximate surface area is 166 Å². The van der Waals surface area contributed by atoms with Gasteiger partial charge in [-0.25, -0.2) is 0 Å². The van der Waals surface area contributed by atoms with E-state index < -0.39 is 0 Å². The van der Waals surface area contributed by atoms with Crippen LogP contribution < -0.4 is 10.6 Å². The molecule has 0 amide bonds. The SMILES string of the molecule is CCNC(=NCC(C)(C)c1cccs1)NC1CCC(SC)C1.I. The maximum absolute atomic E-state index is 4.85. The molecule has 2 rings (SSSR count). The molecule has 1 fully saturated rings. The first-order chi connectivity index (χ1) is 10.5. The van der Waals surface area contributed by atoms with Crippen LogP contribution in [0.25, 0.3) is 0 Å². The first kappa shape index (κ1) is 21.1. The summed E-state index contributed by atoms with van der Waals surface area (Å²) in [6.07, 6.45) is 6.04. The number of thioether (sulfide) groups is 1. The topological polar surface area (TPSA) is 36.4 Å². The molecule has 1 aromatic rings. The first-order valence-corrected chi connectivity index (χ1v) is 10.3. The van der Waals surface area contributed by atoms with E-state index in [1.54, 1.807) is 0 Å². The summed E-state index contributed by atoms with van der Waals surface area (Å²) in [5.74, 6) is 0.971. The molecule has 1 aromatic heterocycles. The molecule has 0 aliphatic heterocycles. The van der Waals surface area contributed by atoms with Crippen LogP contribution in [0.3, 0.4) is 0 Å². The Morgan fingerprint density at radius 3 is 2.78 bits per heavy atom. The van der Waals surface area contributed by atoms with Gasteiger partial charge in [-0.05, 0) is 43.9 Å². The van der Waals surface area contributed by atoms with Crippen molar-refractivity contribution < 1.29 is 0 Å². The zero-order chi connectivity index (χ0) is 16.0. The third-order valence-electron chi connectivity index (χ3n) is 4.22. The lowest BCUT2D eigenvalue weighted by molar-refractivity contribution is 0.543. The van der Waals surface area contributed by atoms with Crippen molar-refractivity contribution in [1.82, 2.24) is 10.6 Å². The predicted octanol–water partition coefficient (Wildman–Crippen LogP) is 4.48. The van der Waals surface area contributed by atoms with Crippen molar-refractivity contribution in [2.75, 3.05) is 19.3 Å². The number of nitrogens with zero attached hydrogens (tertiary/aromatic N) is 1. The Morgan fingerprint density at radius 2 is 2.22 bits per heavy atom. The van der Waals surface area contributed by atoms with E-state index in [4.69, 9.17) is 4.99 Å². The van der Waals surface area contributed by atoms with Crippen LogP contribution in [0, 0.1) is 0 Å². The van der Waals surface area contributed by atoms with E-state index >= 15 is 0 Å². The molecular formula is C17H30IN3S2. The van der Waals surface area contributed by atoms with Crippen LogP contribution in [0.4, 0.5) is 0 Å². The molecule has 3 nitrogen and oxygen atoms in total. The molecular weight excluding hydrogens is 437 g/mol. The van der Waals surface area contributed by atoms with Gasteiger partial charge >= 0.3 is 0 Å². The van der Waals surface area contributed by atoms with Crippen LogP contribution in [0.2, 0.25) is 0 Å². The van der Waals surface area contributed by atoms with E-state index in [2.05, 4.69) is 55.2 Å². The van der Waals surface area contributed by atoms with Gasteiger partial charge in [0.1, 0.15) is 0 Å². The second-order valence-electron chi connectivity index (χ2n) is 6.57. The molecule has 23 heavy (non-hydrogen) atoms.